The second kappa shape index (κ2) is 10.4. The predicted molar refractivity (Wildman–Crippen MR) is 92.2 cm³/mol. The molecule has 1 aromatic rings. The molecule has 1 heterocycles. The number of unbranched alkanes of at least 4 members (excludes halogenated alkanes) is 5. The fourth-order valence-electron chi connectivity index (χ4n) is 2.28. The van der Waals surface area contributed by atoms with E-state index in [1.807, 2.05) is 19.0 Å². The van der Waals surface area contributed by atoms with Gasteiger partial charge in [-0.3, -0.25) is 0 Å². The predicted octanol–water partition coefficient (Wildman–Crippen LogP) is 4.27. The zero-order chi connectivity index (χ0) is 15.5. The Hall–Kier alpha value is -1.32. The number of anilines is 2. The van der Waals surface area contributed by atoms with E-state index in [0.29, 0.717) is 0 Å². The second-order valence-corrected chi connectivity index (χ2v) is 5.88. The molecule has 1 aromatic heterocycles. The molecule has 0 aliphatic carbocycles. The largest absolute Gasteiger partial charge is 0.370 e. The maximum Gasteiger partial charge on any atom is 0.226 e. The molecule has 0 unspecified atom stereocenters. The first-order chi connectivity index (χ1) is 10.2. The van der Waals surface area contributed by atoms with Gasteiger partial charge in [0.2, 0.25) is 5.95 Å². The molecule has 0 aromatic carbocycles. The number of aromatic nitrogens is 2. The van der Waals surface area contributed by atoms with Crippen molar-refractivity contribution in [3.63, 3.8) is 0 Å². The van der Waals surface area contributed by atoms with Crippen LogP contribution in [0.1, 0.15) is 64.5 Å². The van der Waals surface area contributed by atoms with Gasteiger partial charge in [0.25, 0.3) is 0 Å². The normalized spacial score (nSPS) is 10.7. The van der Waals surface area contributed by atoms with Gasteiger partial charge in [-0.05, 0) is 12.8 Å². The smallest absolute Gasteiger partial charge is 0.226 e. The maximum atomic E-state index is 4.58. The summed E-state index contributed by atoms with van der Waals surface area (Å²) in [5, 5.41) is 3.45. The van der Waals surface area contributed by atoms with E-state index in [1.54, 1.807) is 0 Å². The van der Waals surface area contributed by atoms with Crippen molar-refractivity contribution in [3.05, 3.63) is 11.8 Å². The minimum atomic E-state index is 0.798. The first kappa shape index (κ1) is 17.7. The second-order valence-electron chi connectivity index (χ2n) is 5.88. The number of aryl methyl sites for hydroxylation is 1. The molecule has 1 rings (SSSR count). The Morgan fingerprint density at radius 3 is 2.33 bits per heavy atom. The van der Waals surface area contributed by atoms with Crippen molar-refractivity contribution in [2.24, 2.45) is 0 Å². The van der Waals surface area contributed by atoms with E-state index < -0.39 is 0 Å². The Morgan fingerprint density at radius 1 is 0.952 bits per heavy atom. The van der Waals surface area contributed by atoms with E-state index >= 15 is 0 Å². The number of nitrogens with zero attached hydrogens (tertiary/aromatic N) is 3. The van der Waals surface area contributed by atoms with Crippen LogP contribution in [0, 0.1) is 0 Å². The molecule has 0 saturated carbocycles. The highest BCUT2D eigenvalue weighted by molar-refractivity contribution is 5.43. The standard InChI is InChI=1S/C17H32N4/c1-5-7-8-9-10-11-13-18-16-14-15(12-6-2)19-17(20-16)21(3)4/h14H,5-13H2,1-4H3,(H,18,19,20). The highest BCUT2D eigenvalue weighted by Gasteiger charge is 2.05. The quantitative estimate of drug-likeness (QED) is 0.618. The van der Waals surface area contributed by atoms with E-state index in [9.17, 15) is 0 Å². The van der Waals surface area contributed by atoms with Crippen LogP contribution in [0.15, 0.2) is 6.07 Å². The summed E-state index contributed by atoms with van der Waals surface area (Å²) in [7, 11) is 3.98. The zero-order valence-corrected chi connectivity index (χ0v) is 14.3. The maximum absolute atomic E-state index is 4.58. The Bertz CT molecular complexity index is 390. The summed E-state index contributed by atoms with van der Waals surface area (Å²) >= 11 is 0. The minimum absolute atomic E-state index is 0.798. The van der Waals surface area contributed by atoms with Gasteiger partial charge in [0.15, 0.2) is 0 Å². The van der Waals surface area contributed by atoms with E-state index in [-0.39, 0.29) is 0 Å². The lowest BCUT2D eigenvalue weighted by Crippen LogP contribution is -2.15. The van der Waals surface area contributed by atoms with E-state index in [1.165, 1.54) is 38.5 Å². The number of nitrogens with one attached hydrogen (secondary N) is 1. The van der Waals surface area contributed by atoms with Crippen LogP contribution in [0.4, 0.5) is 11.8 Å². The Balaban J connectivity index is 2.42. The van der Waals surface area contributed by atoms with Crippen LogP contribution in [-0.2, 0) is 6.42 Å². The van der Waals surface area contributed by atoms with Crippen molar-refractivity contribution in [1.29, 1.82) is 0 Å². The van der Waals surface area contributed by atoms with Gasteiger partial charge in [0.05, 0.1) is 0 Å². The van der Waals surface area contributed by atoms with Crippen LogP contribution >= 0.6 is 0 Å². The molecule has 21 heavy (non-hydrogen) atoms. The van der Waals surface area contributed by atoms with E-state index in [0.717, 1.165) is 36.8 Å². The average molecular weight is 292 g/mol. The molecule has 0 amide bonds. The Kier molecular flexibility index (Phi) is 8.79. The van der Waals surface area contributed by atoms with Crippen molar-refractivity contribution in [1.82, 2.24) is 9.97 Å². The Morgan fingerprint density at radius 2 is 1.67 bits per heavy atom. The summed E-state index contributed by atoms with van der Waals surface area (Å²) in [6.45, 7) is 5.44. The molecular formula is C17H32N4. The van der Waals surface area contributed by atoms with Gasteiger partial charge < -0.3 is 10.2 Å². The van der Waals surface area contributed by atoms with Crippen LogP contribution in [0.5, 0.6) is 0 Å². The first-order valence-electron chi connectivity index (χ1n) is 8.46. The molecule has 0 bridgehead atoms. The van der Waals surface area contributed by atoms with Crippen LogP contribution < -0.4 is 10.2 Å². The summed E-state index contributed by atoms with van der Waals surface area (Å²) < 4.78 is 0. The first-order valence-corrected chi connectivity index (χ1v) is 8.46. The summed E-state index contributed by atoms with van der Waals surface area (Å²) in [5.74, 6) is 1.76. The van der Waals surface area contributed by atoms with Gasteiger partial charge >= 0.3 is 0 Å². The average Bonchev–Trinajstić information content (AvgIpc) is 2.46. The van der Waals surface area contributed by atoms with Crippen molar-refractivity contribution in [3.8, 4) is 0 Å². The van der Waals surface area contributed by atoms with Crippen molar-refractivity contribution in [2.75, 3.05) is 30.9 Å². The highest BCUT2D eigenvalue weighted by atomic mass is 15.2. The number of hydrogen-bond donors (Lipinski definition) is 1. The van der Waals surface area contributed by atoms with Gasteiger partial charge in [0.1, 0.15) is 5.82 Å². The third-order valence-corrected chi connectivity index (χ3v) is 3.51. The van der Waals surface area contributed by atoms with Crippen molar-refractivity contribution in [2.45, 2.75) is 65.2 Å². The molecule has 0 aliphatic rings. The summed E-state index contributed by atoms with van der Waals surface area (Å²) in [6, 6.07) is 2.09. The third-order valence-electron chi connectivity index (χ3n) is 3.51. The monoisotopic (exact) mass is 292 g/mol. The fourth-order valence-corrected chi connectivity index (χ4v) is 2.28. The van der Waals surface area contributed by atoms with Crippen molar-refractivity contribution >= 4 is 11.8 Å². The molecular weight excluding hydrogens is 260 g/mol. The SMILES string of the molecule is CCCCCCCCNc1cc(CCC)nc(N(C)C)n1. The van der Waals surface area contributed by atoms with Crippen LogP contribution in [-0.4, -0.2) is 30.6 Å². The molecule has 0 saturated heterocycles. The lowest BCUT2D eigenvalue weighted by atomic mass is 10.1. The molecule has 0 fully saturated rings. The molecule has 4 heteroatoms. The fraction of sp³-hybridized carbons (Fsp3) is 0.765. The Labute approximate surface area is 130 Å². The molecule has 1 N–H and O–H groups in total. The third kappa shape index (κ3) is 7.30. The lowest BCUT2D eigenvalue weighted by molar-refractivity contribution is 0.616. The lowest BCUT2D eigenvalue weighted by Gasteiger charge is -2.14. The summed E-state index contributed by atoms with van der Waals surface area (Å²) in [4.78, 5) is 11.1. The van der Waals surface area contributed by atoms with E-state index in [2.05, 4.69) is 35.2 Å². The molecule has 0 spiro atoms. The topological polar surface area (TPSA) is 41.1 Å². The van der Waals surface area contributed by atoms with Gasteiger partial charge in [-0.15, -0.1) is 0 Å². The summed E-state index contributed by atoms with van der Waals surface area (Å²) in [5.41, 5.74) is 1.13. The van der Waals surface area contributed by atoms with E-state index in [4.69, 9.17) is 0 Å². The number of hydrogen-bond acceptors (Lipinski definition) is 4. The van der Waals surface area contributed by atoms with Crippen LogP contribution in [0.3, 0.4) is 0 Å². The molecule has 120 valence electrons. The van der Waals surface area contributed by atoms with Crippen molar-refractivity contribution < 1.29 is 0 Å². The van der Waals surface area contributed by atoms with Gasteiger partial charge in [0, 0.05) is 32.4 Å². The highest BCUT2D eigenvalue weighted by Crippen LogP contribution is 2.14. The van der Waals surface area contributed by atoms with Crippen LogP contribution in [0.2, 0.25) is 0 Å². The summed E-state index contributed by atoms with van der Waals surface area (Å²) in [6.07, 6.45) is 10.0. The molecule has 4 nitrogen and oxygen atoms in total. The minimum Gasteiger partial charge on any atom is -0.370 e. The number of rotatable bonds is 11. The molecule has 0 atom stereocenters. The molecule has 0 radical (unpaired) electrons. The van der Waals surface area contributed by atoms with Gasteiger partial charge in [-0.1, -0.05) is 52.4 Å². The van der Waals surface area contributed by atoms with Gasteiger partial charge in [-0.25, -0.2) is 4.98 Å². The zero-order valence-electron chi connectivity index (χ0n) is 14.3. The van der Waals surface area contributed by atoms with Gasteiger partial charge in [-0.2, -0.15) is 4.98 Å². The van der Waals surface area contributed by atoms with Crippen LogP contribution in [0.25, 0.3) is 0 Å². The molecule has 0 aliphatic heterocycles.